The van der Waals surface area contributed by atoms with Crippen molar-refractivity contribution in [1.82, 2.24) is 4.98 Å². The van der Waals surface area contributed by atoms with Crippen molar-refractivity contribution < 1.29 is 9.47 Å². The Kier molecular flexibility index (Phi) is 3.46. The molecule has 3 rings (SSSR count). The Bertz CT molecular complexity index is 466. The van der Waals surface area contributed by atoms with E-state index in [0.717, 1.165) is 45.0 Å². The summed E-state index contributed by atoms with van der Waals surface area (Å²) in [6, 6.07) is 4.33. The summed E-state index contributed by atoms with van der Waals surface area (Å²) in [5, 5.41) is 0. The van der Waals surface area contributed by atoms with E-state index in [1.54, 1.807) is 0 Å². The molecule has 2 aliphatic heterocycles. The van der Waals surface area contributed by atoms with Crippen LogP contribution in [0.25, 0.3) is 0 Å². The van der Waals surface area contributed by atoms with Gasteiger partial charge in [-0.15, -0.1) is 0 Å². The first kappa shape index (κ1) is 13.8. The quantitative estimate of drug-likeness (QED) is 0.790. The number of hydrogen-bond acceptors (Lipinski definition) is 4. The van der Waals surface area contributed by atoms with Crippen LogP contribution in [-0.2, 0) is 14.9 Å². The molecule has 0 saturated carbocycles. The fraction of sp³-hybridized carbons (Fsp3) is 0.688. The van der Waals surface area contributed by atoms with Crippen molar-refractivity contribution in [3.05, 3.63) is 23.9 Å². The van der Waals surface area contributed by atoms with Crippen molar-refractivity contribution in [3.63, 3.8) is 0 Å². The van der Waals surface area contributed by atoms with Gasteiger partial charge in [-0.1, -0.05) is 20.8 Å². The molecule has 1 spiro atoms. The first-order valence-electron chi connectivity index (χ1n) is 7.48. The van der Waals surface area contributed by atoms with E-state index in [2.05, 4.69) is 42.8 Å². The van der Waals surface area contributed by atoms with Gasteiger partial charge in [-0.2, -0.15) is 0 Å². The van der Waals surface area contributed by atoms with Crippen LogP contribution in [0.2, 0.25) is 0 Å². The lowest BCUT2D eigenvalue weighted by Gasteiger charge is -2.38. The molecule has 0 atom stereocenters. The molecule has 1 aromatic heterocycles. The Balaban J connectivity index is 1.72. The van der Waals surface area contributed by atoms with Crippen LogP contribution >= 0.6 is 0 Å². The summed E-state index contributed by atoms with van der Waals surface area (Å²) in [7, 11) is 0. The van der Waals surface area contributed by atoms with Crippen molar-refractivity contribution in [1.29, 1.82) is 0 Å². The maximum absolute atomic E-state index is 5.77. The van der Waals surface area contributed by atoms with Gasteiger partial charge in [-0.05, 0) is 23.1 Å². The number of hydrogen-bond donors (Lipinski definition) is 0. The lowest BCUT2D eigenvalue weighted by molar-refractivity contribution is -0.169. The second kappa shape index (κ2) is 5.01. The molecular formula is C16H24N2O2. The molecule has 2 fully saturated rings. The monoisotopic (exact) mass is 276 g/mol. The van der Waals surface area contributed by atoms with Crippen molar-refractivity contribution >= 4 is 5.82 Å². The summed E-state index contributed by atoms with van der Waals surface area (Å²) in [5.74, 6) is 0.767. The molecule has 2 saturated heterocycles. The number of piperidine rings is 1. The topological polar surface area (TPSA) is 34.6 Å². The van der Waals surface area contributed by atoms with Crippen molar-refractivity contribution in [2.75, 3.05) is 31.2 Å². The third-order valence-electron chi connectivity index (χ3n) is 4.27. The van der Waals surface area contributed by atoms with E-state index in [4.69, 9.17) is 9.47 Å². The zero-order valence-corrected chi connectivity index (χ0v) is 12.7. The van der Waals surface area contributed by atoms with Gasteiger partial charge < -0.3 is 14.4 Å². The minimum absolute atomic E-state index is 0.159. The van der Waals surface area contributed by atoms with Crippen LogP contribution in [0.3, 0.4) is 0 Å². The average Bonchev–Trinajstić information content (AvgIpc) is 2.87. The van der Waals surface area contributed by atoms with Gasteiger partial charge in [0.05, 0.1) is 13.2 Å². The Morgan fingerprint density at radius 1 is 1.15 bits per heavy atom. The second-order valence-electron chi connectivity index (χ2n) is 6.75. The molecule has 0 amide bonds. The van der Waals surface area contributed by atoms with Crippen LogP contribution < -0.4 is 4.90 Å². The van der Waals surface area contributed by atoms with E-state index in [1.807, 2.05) is 6.20 Å². The molecular weight excluding hydrogens is 252 g/mol. The number of aromatic nitrogens is 1. The van der Waals surface area contributed by atoms with Crippen LogP contribution in [0.4, 0.5) is 5.82 Å². The van der Waals surface area contributed by atoms with E-state index in [-0.39, 0.29) is 11.2 Å². The van der Waals surface area contributed by atoms with Crippen LogP contribution in [0, 0.1) is 0 Å². The number of rotatable bonds is 1. The molecule has 0 N–H and O–H groups in total. The van der Waals surface area contributed by atoms with Crippen molar-refractivity contribution in [3.8, 4) is 0 Å². The van der Waals surface area contributed by atoms with Crippen LogP contribution in [-0.4, -0.2) is 37.1 Å². The largest absolute Gasteiger partial charge is 0.356 e. The fourth-order valence-electron chi connectivity index (χ4n) is 2.92. The molecule has 4 nitrogen and oxygen atoms in total. The number of anilines is 1. The molecule has 3 heterocycles. The number of nitrogens with zero attached hydrogens (tertiary/aromatic N) is 2. The first-order valence-corrected chi connectivity index (χ1v) is 7.48. The summed E-state index contributed by atoms with van der Waals surface area (Å²) in [5.41, 5.74) is 1.49. The number of ether oxygens (including phenoxy) is 2. The summed E-state index contributed by atoms with van der Waals surface area (Å²) in [6.45, 7) is 10.1. The highest BCUT2D eigenvalue weighted by atomic mass is 16.7. The van der Waals surface area contributed by atoms with Gasteiger partial charge in [0.25, 0.3) is 0 Å². The molecule has 1 aromatic rings. The zero-order valence-electron chi connectivity index (χ0n) is 12.7. The summed E-state index contributed by atoms with van der Waals surface area (Å²) < 4.78 is 11.5. The predicted octanol–water partition coefficient (Wildman–Crippen LogP) is 2.72. The Morgan fingerprint density at radius 3 is 2.40 bits per heavy atom. The fourth-order valence-corrected chi connectivity index (χ4v) is 2.92. The van der Waals surface area contributed by atoms with Gasteiger partial charge in [0, 0.05) is 32.1 Å². The van der Waals surface area contributed by atoms with Gasteiger partial charge in [0.15, 0.2) is 5.79 Å². The normalized spacial score (nSPS) is 22.4. The maximum atomic E-state index is 5.77. The molecule has 2 aliphatic rings. The van der Waals surface area contributed by atoms with Crippen molar-refractivity contribution in [2.24, 2.45) is 0 Å². The summed E-state index contributed by atoms with van der Waals surface area (Å²) >= 11 is 0. The molecule has 0 aromatic carbocycles. The number of pyridine rings is 1. The highest BCUT2D eigenvalue weighted by Gasteiger charge is 2.40. The van der Waals surface area contributed by atoms with Gasteiger partial charge >= 0.3 is 0 Å². The Hall–Kier alpha value is -1.13. The SMILES string of the molecule is CC(C)(C)c1ccnc(N2CCC3(CC2)OCCO3)c1. The minimum Gasteiger partial charge on any atom is -0.356 e. The van der Waals surface area contributed by atoms with Crippen LogP contribution in [0.1, 0.15) is 39.2 Å². The van der Waals surface area contributed by atoms with Crippen LogP contribution in [0.5, 0.6) is 0 Å². The van der Waals surface area contributed by atoms with Crippen LogP contribution in [0.15, 0.2) is 18.3 Å². The molecule has 0 aliphatic carbocycles. The summed E-state index contributed by atoms with van der Waals surface area (Å²) in [6.07, 6.45) is 3.77. The lowest BCUT2D eigenvalue weighted by Crippen LogP contribution is -2.45. The third kappa shape index (κ3) is 2.67. The Morgan fingerprint density at radius 2 is 1.80 bits per heavy atom. The second-order valence-corrected chi connectivity index (χ2v) is 6.75. The Labute approximate surface area is 121 Å². The first-order chi connectivity index (χ1) is 9.49. The van der Waals surface area contributed by atoms with Gasteiger partial charge in [0.2, 0.25) is 0 Å². The van der Waals surface area contributed by atoms with E-state index in [9.17, 15) is 0 Å². The van der Waals surface area contributed by atoms with E-state index in [0.29, 0.717) is 0 Å². The van der Waals surface area contributed by atoms with E-state index < -0.39 is 0 Å². The van der Waals surface area contributed by atoms with Crippen molar-refractivity contribution in [2.45, 2.75) is 44.8 Å². The molecule has 0 radical (unpaired) electrons. The molecule has 0 bridgehead atoms. The highest BCUT2D eigenvalue weighted by Crippen LogP contribution is 2.33. The lowest BCUT2D eigenvalue weighted by atomic mass is 9.87. The summed E-state index contributed by atoms with van der Waals surface area (Å²) in [4.78, 5) is 6.87. The molecule has 110 valence electrons. The van der Waals surface area contributed by atoms with E-state index in [1.165, 1.54) is 5.56 Å². The molecule has 0 unspecified atom stereocenters. The molecule has 4 heteroatoms. The van der Waals surface area contributed by atoms with Gasteiger partial charge in [0.1, 0.15) is 5.82 Å². The highest BCUT2D eigenvalue weighted by molar-refractivity contribution is 5.43. The predicted molar refractivity (Wildman–Crippen MR) is 79.0 cm³/mol. The average molecular weight is 276 g/mol. The smallest absolute Gasteiger partial charge is 0.171 e. The van der Waals surface area contributed by atoms with Gasteiger partial charge in [-0.3, -0.25) is 0 Å². The molecule has 20 heavy (non-hydrogen) atoms. The minimum atomic E-state index is -0.307. The standard InChI is InChI=1S/C16H24N2O2/c1-15(2,3)13-4-7-17-14(12-13)18-8-5-16(6-9-18)19-10-11-20-16/h4,7,12H,5-6,8-11H2,1-3H3. The van der Waals surface area contributed by atoms with Gasteiger partial charge in [-0.25, -0.2) is 4.98 Å². The zero-order chi connectivity index (χ0) is 14.2. The third-order valence-corrected chi connectivity index (χ3v) is 4.27. The maximum Gasteiger partial charge on any atom is 0.171 e. The van der Waals surface area contributed by atoms with E-state index >= 15 is 0 Å².